The minimum absolute atomic E-state index is 0.202. The number of phenolic OH excluding ortho intramolecular Hbond substituents is 1. The lowest BCUT2D eigenvalue weighted by Gasteiger charge is -2.11. The van der Waals surface area contributed by atoms with Gasteiger partial charge in [-0.1, -0.05) is 18.2 Å². The van der Waals surface area contributed by atoms with E-state index in [4.69, 9.17) is 47.8 Å². The number of carbonyl (C=O) groups is 1. The van der Waals surface area contributed by atoms with E-state index in [1.807, 2.05) is 18.2 Å². The first-order chi connectivity index (χ1) is 17.1. The molecule has 0 spiro atoms. The lowest BCUT2D eigenvalue weighted by atomic mass is 10.1. The normalized spacial score (nSPS) is 19.5. The highest BCUT2D eigenvalue weighted by Gasteiger charge is 2.07. The summed E-state index contributed by atoms with van der Waals surface area (Å²) in [4.78, 5) is 9.00. The molecule has 0 amide bonds. The molecule has 2 rings (SSSR count). The van der Waals surface area contributed by atoms with Crippen LogP contribution in [-0.2, 0) is 55.9 Å². The average Bonchev–Trinajstić information content (AvgIpc) is 2.82. The van der Waals surface area contributed by atoms with E-state index in [9.17, 15) is 5.11 Å². The number of aromatic hydroxyl groups is 1. The second kappa shape index (κ2) is 22.6. The van der Waals surface area contributed by atoms with Crippen molar-refractivity contribution in [3.8, 4) is 5.75 Å². The number of para-hydroxylation sites is 1. The van der Waals surface area contributed by atoms with Gasteiger partial charge < -0.3 is 48.1 Å². The zero-order valence-electron chi connectivity index (χ0n) is 20.6. The van der Waals surface area contributed by atoms with E-state index in [-0.39, 0.29) is 5.75 Å². The molecular formula is C24H40O11. The largest absolute Gasteiger partial charge is 0.507 e. The molecule has 0 saturated carbocycles. The predicted molar refractivity (Wildman–Crippen MR) is 126 cm³/mol. The Labute approximate surface area is 207 Å². The van der Waals surface area contributed by atoms with Crippen LogP contribution < -0.4 is 0 Å². The minimum atomic E-state index is -0.833. The molecule has 2 N–H and O–H groups in total. The lowest BCUT2D eigenvalue weighted by Crippen LogP contribution is -2.14. The molecule has 0 unspecified atom stereocenters. The number of benzene rings is 1. The number of carboxylic acid groups (broad SMARTS) is 1. The van der Waals surface area contributed by atoms with Gasteiger partial charge in [0.25, 0.3) is 5.97 Å². The van der Waals surface area contributed by atoms with Crippen molar-refractivity contribution in [3.05, 3.63) is 29.3 Å². The molecule has 0 saturated heterocycles. The van der Waals surface area contributed by atoms with Gasteiger partial charge in [-0.3, -0.25) is 4.79 Å². The van der Waals surface area contributed by atoms with E-state index in [1.165, 1.54) is 0 Å². The van der Waals surface area contributed by atoms with Gasteiger partial charge in [0.2, 0.25) is 0 Å². The van der Waals surface area contributed by atoms with Gasteiger partial charge in [-0.05, 0) is 0 Å². The molecule has 1 aromatic rings. The van der Waals surface area contributed by atoms with Crippen LogP contribution in [0.1, 0.15) is 18.1 Å². The lowest BCUT2D eigenvalue weighted by molar-refractivity contribution is -0.134. The van der Waals surface area contributed by atoms with Crippen LogP contribution in [0.25, 0.3) is 0 Å². The van der Waals surface area contributed by atoms with Gasteiger partial charge in [-0.15, -0.1) is 0 Å². The Bertz CT molecular complexity index is 594. The molecule has 202 valence electrons. The van der Waals surface area contributed by atoms with Crippen molar-refractivity contribution in [1.82, 2.24) is 0 Å². The Hall–Kier alpha value is -1.83. The van der Waals surface area contributed by atoms with Gasteiger partial charge in [-0.25, -0.2) is 0 Å². The van der Waals surface area contributed by atoms with Crippen LogP contribution in [-0.4, -0.2) is 109 Å². The maximum absolute atomic E-state index is 10.4. The van der Waals surface area contributed by atoms with Gasteiger partial charge in [-0.2, -0.15) is 0 Å². The van der Waals surface area contributed by atoms with Crippen molar-refractivity contribution in [2.75, 3.05) is 92.5 Å². The van der Waals surface area contributed by atoms with Crippen LogP contribution in [0.3, 0.4) is 0 Å². The van der Waals surface area contributed by atoms with Crippen molar-refractivity contribution in [3.63, 3.8) is 0 Å². The standard InChI is InChI=1S/C22H36O9.C2H4O2/c23-22-20-2-1-3-21(22)19-31-17-15-29-13-11-27-9-7-25-5-4-24-6-8-26-10-12-28-14-16-30-18-20;1-2(3)4/h1-3,23H,4-19H2;1H3,(H,3,4). The van der Waals surface area contributed by atoms with E-state index < -0.39 is 5.97 Å². The highest BCUT2D eigenvalue weighted by Crippen LogP contribution is 2.23. The summed E-state index contributed by atoms with van der Waals surface area (Å²) in [6, 6.07) is 5.55. The SMILES string of the molecule is CC(=O)O.Oc1c2cccc1COCCOCCOCCOCCOCCOCCOCCOC2. The van der Waals surface area contributed by atoms with E-state index >= 15 is 0 Å². The summed E-state index contributed by atoms with van der Waals surface area (Å²) in [5, 5.41) is 17.8. The summed E-state index contributed by atoms with van der Waals surface area (Å²) in [7, 11) is 0. The Morgan fingerprint density at radius 1 is 0.571 bits per heavy atom. The molecule has 1 aliphatic heterocycles. The number of aliphatic carboxylic acids is 1. The van der Waals surface area contributed by atoms with Crippen molar-refractivity contribution < 1.29 is 52.9 Å². The van der Waals surface area contributed by atoms with Gasteiger partial charge in [0.1, 0.15) is 5.75 Å². The van der Waals surface area contributed by atoms with Crippen molar-refractivity contribution >= 4 is 5.97 Å². The Morgan fingerprint density at radius 3 is 1.06 bits per heavy atom. The van der Waals surface area contributed by atoms with Gasteiger partial charge in [0.05, 0.1) is 106 Å². The molecule has 11 heteroatoms. The topological polar surface area (TPSA) is 131 Å². The molecule has 0 aliphatic carbocycles. The fourth-order valence-electron chi connectivity index (χ4n) is 2.68. The highest BCUT2D eigenvalue weighted by molar-refractivity contribution is 5.62. The summed E-state index contributed by atoms with van der Waals surface area (Å²) in [5.41, 5.74) is 1.44. The molecule has 2 bridgehead atoms. The van der Waals surface area contributed by atoms with Crippen LogP contribution in [0, 0.1) is 0 Å². The maximum Gasteiger partial charge on any atom is 0.300 e. The van der Waals surface area contributed by atoms with Crippen LogP contribution in [0.15, 0.2) is 18.2 Å². The first kappa shape index (κ1) is 31.2. The van der Waals surface area contributed by atoms with Crippen molar-refractivity contribution in [2.45, 2.75) is 20.1 Å². The molecule has 0 radical (unpaired) electrons. The number of rotatable bonds is 0. The third kappa shape index (κ3) is 19.1. The molecule has 11 nitrogen and oxygen atoms in total. The Morgan fingerprint density at radius 2 is 0.800 bits per heavy atom. The first-order valence-corrected chi connectivity index (χ1v) is 11.7. The van der Waals surface area contributed by atoms with Crippen LogP contribution >= 0.6 is 0 Å². The van der Waals surface area contributed by atoms with Gasteiger partial charge in [0.15, 0.2) is 0 Å². The van der Waals surface area contributed by atoms with Gasteiger partial charge in [0, 0.05) is 18.1 Å². The minimum Gasteiger partial charge on any atom is -0.507 e. The number of carboxylic acids is 1. The molecule has 0 fully saturated rings. The molecule has 35 heavy (non-hydrogen) atoms. The number of ether oxygens (including phenoxy) is 8. The van der Waals surface area contributed by atoms with Crippen molar-refractivity contribution in [2.24, 2.45) is 0 Å². The zero-order valence-corrected chi connectivity index (χ0v) is 20.6. The summed E-state index contributed by atoms with van der Waals surface area (Å²) in [5.74, 6) is -0.632. The summed E-state index contributed by atoms with van der Waals surface area (Å²) >= 11 is 0. The van der Waals surface area contributed by atoms with E-state index in [1.54, 1.807) is 0 Å². The second-order valence-corrected chi connectivity index (χ2v) is 7.22. The first-order valence-electron chi connectivity index (χ1n) is 11.7. The monoisotopic (exact) mass is 504 g/mol. The second-order valence-electron chi connectivity index (χ2n) is 7.22. The fourth-order valence-corrected chi connectivity index (χ4v) is 2.68. The number of fused-ring (bicyclic) bond motifs is 2. The van der Waals surface area contributed by atoms with Gasteiger partial charge >= 0.3 is 0 Å². The predicted octanol–water partition coefficient (Wildman–Crippen LogP) is 1.63. The highest BCUT2D eigenvalue weighted by atomic mass is 16.6. The Kier molecular flexibility index (Phi) is 20.2. The van der Waals surface area contributed by atoms with Crippen LogP contribution in [0.4, 0.5) is 0 Å². The maximum atomic E-state index is 10.4. The Balaban J connectivity index is 0.00000142. The number of hydrogen-bond acceptors (Lipinski definition) is 10. The third-order valence-corrected chi connectivity index (χ3v) is 4.32. The molecular weight excluding hydrogens is 464 g/mol. The molecule has 1 aliphatic rings. The van der Waals surface area contributed by atoms with E-state index in [0.29, 0.717) is 106 Å². The van der Waals surface area contributed by atoms with E-state index in [2.05, 4.69) is 0 Å². The quantitative estimate of drug-likeness (QED) is 0.534. The van der Waals surface area contributed by atoms with Crippen LogP contribution in [0.5, 0.6) is 5.75 Å². The summed E-state index contributed by atoms with van der Waals surface area (Å²) in [6.45, 7) is 8.62. The fraction of sp³-hybridized carbons (Fsp3) is 0.708. The third-order valence-electron chi connectivity index (χ3n) is 4.32. The molecule has 1 aromatic carbocycles. The molecule has 1 heterocycles. The average molecular weight is 505 g/mol. The van der Waals surface area contributed by atoms with E-state index in [0.717, 1.165) is 18.1 Å². The summed E-state index contributed by atoms with van der Waals surface area (Å²) < 4.78 is 43.9. The zero-order chi connectivity index (χ0) is 25.4. The summed E-state index contributed by atoms with van der Waals surface area (Å²) in [6.07, 6.45) is 0. The molecule has 0 aromatic heterocycles. The van der Waals surface area contributed by atoms with Crippen LogP contribution in [0.2, 0.25) is 0 Å². The van der Waals surface area contributed by atoms with Crippen molar-refractivity contribution in [1.29, 1.82) is 0 Å². The smallest absolute Gasteiger partial charge is 0.300 e. The number of phenols is 1. The number of hydrogen-bond donors (Lipinski definition) is 2. The molecule has 0 atom stereocenters.